The first-order valence-corrected chi connectivity index (χ1v) is 4.24. The average molecular weight is 142 g/mol. The van der Waals surface area contributed by atoms with Crippen molar-refractivity contribution in [3.05, 3.63) is 0 Å². The molecule has 0 bridgehead atoms. The lowest BCUT2D eigenvalue weighted by Crippen LogP contribution is -2.17. The summed E-state index contributed by atoms with van der Waals surface area (Å²) < 4.78 is 29.2. The molecule has 0 N–H and O–H groups in total. The Hall–Kier alpha value is 0.170. The normalized spacial score (nSPS) is 31.8. The number of halogens is 2. The fraction of sp³-hybridized carbons (Fsp3) is 1.00. The molecule has 0 aliphatic carbocycles. The Bertz CT molecular complexity index is 78.1. The van der Waals surface area contributed by atoms with Crippen LogP contribution in [0.2, 0.25) is 0 Å². The molecule has 1 heterocycles. The van der Waals surface area contributed by atoms with Crippen molar-refractivity contribution in [2.45, 2.75) is 0 Å². The molecule has 1 rings (SSSR count). The lowest BCUT2D eigenvalue weighted by atomic mass is 10.8. The van der Waals surface area contributed by atoms with Gasteiger partial charge in [-0.05, 0) is 0 Å². The van der Waals surface area contributed by atoms with Gasteiger partial charge in [-0.2, -0.15) is 7.77 Å². The van der Waals surface area contributed by atoms with E-state index < -0.39 is 10.8 Å². The summed E-state index contributed by atoms with van der Waals surface area (Å²) in [6.45, 7) is 0.505. The summed E-state index contributed by atoms with van der Waals surface area (Å²) in [5.41, 5.74) is 0. The van der Waals surface area contributed by atoms with Crippen LogP contribution in [0.5, 0.6) is 0 Å². The van der Waals surface area contributed by atoms with Gasteiger partial charge in [0.05, 0.1) is 35.5 Å². The topological polar surface area (TPSA) is 9.23 Å². The molecule has 0 aromatic heterocycles. The molecule has 0 radical (unpaired) electrons. The van der Waals surface area contributed by atoms with Crippen molar-refractivity contribution in [3.8, 4) is 0 Å². The monoisotopic (exact) mass is 142 g/mol. The average Bonchev–Trinajstić information content (AvgIpc) is 1.65. The molecule has 4 heteroatoms. The third-order valence-electron chi connectivity index (χ3n) is 1.05. The van der Waals surface area contributed by atoms with E-state index in [4.69, 9.17) is 4.74 Å². The maximum Gasteiger partial charge on any atom is 0.0618 e. The van der Waals surface area contributed by atoms with Crippen molar-refractivity contribution in [3.63, 3.8) is 0 Å². The van der Waals surface area contributed by atoms with Gasteiger partial charge in [-0.15, -0.1) is 0 Å². The highest BCUT2D eigenvalue weighted by molar-refractivity contribution is 8.25. The van der Waals surface area contributed by atoms with E-state index >= 15 is 0 Å². The Morgan fingerprint density at radius 2 is 1.62 bits per heavy atom. The van der Waals surface area contributed by atoms with Gasteiger partial charge in [0.1, 0.15) is 0 Å². The third-order valence-corrected chi connectivity index (χ3v) is 2.58. The molecule has 8 heavy (non-hydrogen) atoms. The van der Waals surface area contributed by atoms with Crippen LogP contribution in [-0.2, 0) is 4.74 Å². The van der Waals surface area contributed by atoms with E-state index in [1.165, 1.54) is 0 Å². The van der Waals surface area contributed by atoms with Crippen molar-refractivity contribution >= 4 is 10.8 Å². The van der Waals surface area contributed by atoms with E-state index in [1.54, 1.807) is 0 Å². The zero-order valence-corrected chi connectivity index (χ0v) is 5.22. The van der Waals surface area contributed by atoms with Crippen LogP contribution < -0.4 is 0 Å². The van der Waals surface area contributed by atoms with Gasteiger partial charge in [0.25, 0.3) is 0 Å². The standard InChI is InChI=1S/C4H8F2OS/c5-8(6)3-1-7-2-4-8/h1-4H2. The van der Waals surface area contributed by atoms with Crippen molar-refractivity contribution in [2.24, 2.45) is 0 Å². The second kappa shape index (κ2) is 2.19. The van der Waals surface area contributed by atoms with Gasteiger partial charge in [0.2, 0.25) is 0 Å². The van der Waals surface area contributed by atoms with E-state index in [0.29, 0.717) is 0 Å². The zero-order chi connectivity index (χ0) is 6.04. The summed E-state index contributed by atoms with van der Waals surface area (Å²) in [6.07, 6.45) is 0. The van der Waals surface area contributed by atoms with Gasteiger partial charge in [-0.1, -0.05) is 0 Å². The molecule has 0 aromatic carbocycles. The molecule has 0 atom stereocenters. The molecule has 1 aliphatic rings. The molecule has 1 aliphatic heterocycles. The molecule has 0 saturated carbocycles. The predicted molar refractivity (Wildman–Crippen MR) is 30.4 cm³/mol. The first-order chi connectivity index (χ1) is 3.71. The first-order valence-electron chi connectivity index (χ1n) is 2.46. The van der Waals surface area contributed by atoms with Gasteiger partial charge in [-0.25, -0.2) is 0 Å². The van der Waals surface area contributed by atoms with Crippen molar-refractivity contribution < 1.29 is 12.5 Å². The molecule has 0 unspecified atom stereocenters. The molecule has 1 fully saturated rings. The minimum absolute atomic E-state index is 0.0208. The summed E-state index contributed by atoms with van der Waals surface area (Å²) in [4.78, 5) is 0. The van der Waals surface area contributed by atoms with Crippen molar-refractivity contribution in [1.82, 2.24) is 0 Å². The van der Waals surface area contributed by atoms with Crippen LogP contribution >= 0.6 is 10.8 Å². The lowest BCUT2D eigenvalue weighted by Gasteiger charge is -2.24. The Kier molecular flexibility index (Phi) is 1.72. The van der Waals surface area contributed by atoms with Gasteiger partial charge >= 0.3 is 0 Å². The predicted octanol–water partition coefficient (Wildman–Crippen LogP) is 1.59. The molecule has 0 spiro atoms. The number of ether oxygens (including phenoxy) is 1. The highest BCUT2D eigenvalue weighted by Gasteiger charge is 2.25. The van der Waals surface area contributed by atoms with E-state index in [0.717, 1.165) is 0 Å². The van der Waals surface area contributed by atoms with Crippen molar-refractivity contribution in [1.29, 1.82) is 0 Å². The maximum absolute atomic E-state index is 12.2. The quantitative estimate of drug-likeness (QED) is 0.499. The molecule has 0 aromatic rings. The number of hydrogen-bond acceptors (Lipinski definition) is 1. The molecule has 0 amide bonds. The summed E-state index contributed by atoms with van der Waals surface area (Å²) >= 11 is 0. The summed E-state index contributed by atoms with van der Waals surface area (Å²) in [7, 11) is -3.21. The van der Waals surface area contributed by atoms with E-state index in [-0.39, 0.29) is 24.7 Å². The second-order valence-corrected chi connectivity index (χ2v) is 3.93. The van der Waals surface area contributed by atoms with Crippen LogP contribution in [0.15, 0.2) is 0 Å². The summed E-state index contributed by atoms with van der Waals surface area (Å²) in [5.74, 6) is -0.0417. The maximum atomic E-state index is 12.2. The SMILES string of the molecule is FS1(F)CCOCC1. The van der Waals surface area contributed by atoms with Crippen LogP contribution in [0.4, 0.5) is 7.77 Å². The van der Waals surface area contributed by atoms with Gasteiger partial charge < -0.3 is 4.74 Å². The molecular weight excluding hydrogens is 134 g/mol. The Balaban J connectivity index is 2.33. The van der Waals surface area contributed by atoms with Crippen LogP contribution in [-0.4, -0.2) is 24.7 Å². The smallest absolute Gasteiger partial charge is 0.0618 e. The highest BCUT2D eigenvalue weighted by atomic mass is 32.3. The van der Waals surface area contributed by atoms with Gasteiger partial charge in [-0.3, -0.25) is 0 Å². The van der Waals surface area contributed by atoms with Gasteiger partial charge in [0, 0.05) is 0 Å². The van der Waals surface area contributed by atoms with Crippen LogP contribution in [0, 0.1) is 0 Å². The Morgan fingerprint density at radius 3 is 1.88 bits per heavy atom. The third kappa shape index (κ3) is 1.59. The van der Waals surface area contributed by atoms with Gasteiger partial charge in [0.15, 0.2) is 0 Å². The minimum atomic E-state index is -3.21. The molecular formula is C4H8F2OS. The summed E-state index contributed by atoms with van der Waals surface area (Å²) in [5, 5.41) is 0. The van der Waals surface area contributed by atoms with Crippen LogP contribution in [0.1, 0.15) is 0 Å². The second-order valence-electron chi connectivity index (χ2n) is 1.72. The summed E-state index contributed by atoms with van der Waals surface area (Å²) in [6, 6.07) is 0. The van der Waals surface area contributed by atoms with Crippen LogP contribution in [0.3, 0.4) is 0 Å². The molecule has 1 nitrogen and oxygen atoms in total. The fourth-order valence-corrected chi connectivity index (χ4v) is 1.49. The number of hydrogen-bond donors (Lipinski definition) is 0. The van der Waals surface area contributed by atoms with E-state index in [2.05, 4.69) is 0 Å². The largest absolute Gasteiger partial charge is 0.379 e. The Morgan fingerprint density at radius 1 is 1.12 bits per heavy atom. The zero-order valence-electron chi connectivity index (χ0n) is 4.40. The lowest BCUT2D eigenvalue weighted by molar-refractivity contribution is 0.155. The van der Waals surface area contributed by atoms with E-state index in [9.17, 15) is 7.77 Å². The van der Waals surface area contributed by atoms with Crippen LogP contribution in [0.25, 0.3) is 0 Å². The highest BCUT2D eigenvalue weighted by Crippen LogP contribution is 2.52. The minimum Gasteiger partial charge on any atom is -0.379 e. The van der Waals surface area contributed by atoms with Crippen molar-refractivity contribution in [2.75, 3.05) is 24.7 Å². The Labute approximate surface area is 48.9 Å². The molecule has 50 valence electrons. The first kappa shape index (κ1) is 6.29. The fourth-order valence-electron chi connectivity index (χ4n) is 0.566. The number of rotatable bonds is 0. The van der Waals surface area contributed by atoms with E-state index in [1.807, 2.05) is 0 Å². The molecule has 1 saturated heterocycles.